The highest BCUT2D eigenvalue weighted by Gasteiger charge is 2.32. The summed E-state index contributed by atoms with van der Waals surface area (Å²) in [4.78, 5) is 12.4. The van der Waals surface area contributed by atoms with Gasteiger partial charge in [0.25, 0.3) is 5.91 Å². The molecule has 27 heavy (non-hydrogen) atoms. The summed E-state index contributed by atoms with van der Waals surface area (Å²) in [6.45, 7) is 2.48. The smallest absolute Gasteiger partial charge is 0.290 e. The third-order valence-corrected chi connectivity index (χ3v) is 4.98. The van der Waals surface area contributed by atoms with Crippen LogP contribution in [-0.4, -0.2) is 32.0 Å². The number of aromatic nitrogens is 3. The number of hydrogen-bond donors (Lipinski definition) is 2. The number of carbonyl (C=O) groups is 1. The van der Waals surface area contributed by atoms with Crippen LogP contribution in [0.3, 0.4) is 0 Å². The van der Waals surface area contributed by atoms with Crippen molar-refractivity contribution in [1.82, 2.24) is 20.3 Å². The third kappa shape index (κ3) is 3.78. The molecule has 0 spiro atoms. The molecule has 1 atom stereocenters. The fourth-order valence-corrected chi connectivity index (χ4v) is 3.48. The van der Waals surface area contributed by atoms with Crippen molar-refractivity contribution in [3.8, 4) is 11.3 Å². The molecule has 140 valence electrons. The minimum atomic E-state index is -0.534. The standard InChI is InChI=1S/C20H22N4O3/c1-13(25)18-7-8-21-24(18)12-14-9-16(10-14)22-20(26)19-11-17(23-27-19)15-5-3-2-4-6-15/h2-8,11,13-14,16,25H,9-10,12H2,1H3,(H,22,26)/t13-,14-,16+/m0/s1. The average Bonchev–Trinajstić information content (AvgIpc) is 3.30. The van der Waals surface area contributed by atoms with Gasteiger partial charge in [0.2, 0.25) is 5.76 Å². The van der Waals surface area contributed by atoms with Gasteiger partial charge in [0.05, 0.1) is 11.8 Å². The molecule has 0 radical (unpaired) electrons. The lowest BCUT2D eigenvalue weighted by Gasteiger charge is -2.35. The molecule has 1 aliphatic carbocycles. The van der Waals surface area contributed by atoms with Crippen LogP contribution >= 0.6 is 0 Å². The molecule has 4 rings (SSSR count). The molecule has 2 aromatic heterocycles. The van der Waals surface area contributed by atoms with Crippen molar-refractivity contribution in [2.75, 3.05) is 0 Å². The van der Waals surface area contributed by atoms with Crippen LogP contribution in [0.25, 0.3) is 11.3 Å². The maximum absolute atomic E-state index is 12.4. The first-order chi connectivity index (χ1) is 13.1. The monoisotopic (exact) mass is 366 g/mol. The lowest BCUT2D eigenvalue weighted by Crippen LogP contribution is -2.45. The molecule has 0 bridgehead atoms. The van der Waals surface area contributed by atoms with Crippen molar-refractivity contribution in [2.24, 2.45) is 5.92 Å². The SMILES string of the molecule is C[C@H](O)c1ccnn1C[C@H]1C[C@@H](NC(=O)c2cc(-c3ccccc3)no2)C1. The van der Waals surface area contributed by atoms with E-state index < -0.39 is 6.10 Å². The van der Waals surface area contributed by atoms with E-state index in [1.165, 1.54) is 0 Å². The van der Waals surface area contributed by atoms with Gasteiger partial charge in [0.1, 0.15) is 5.69 Å². The second-order valence-corrected chi connectivity index (χ2v) is 7.06. The Balaban J connectivity index is 1.29. The molecule has 0 unspecified atom stereocenters. The Labute approximate surface area is 157 Å². The average molecular weight is 366 g/mol. The normalized spacial score (nSPS) is 20.1. The summed E-state index contributed by atoms with van der Waals surface area (Å²) >= 11 is 0. The van der Waals surface area contributed by atoms with E-state index in [1.807, 2.05) is 41.1 Å². The number of benzene rings is 1. The number of carbonyl (C=O) groups excluding carboxylic acids is 1. The second kappa shape index (κ2) is 7.36. The van der Waals surface area contributed by atoms with Gasteiger partial charge in [-0.05, 0) is 31.7 Å². The van der Waals surface area contributed by atoms with Crippen LogP contribution < -0.4 is 5.32 Å². The first-order valence-corrected chi connectivity index (χ1v) is 9.13. The van der Waals surface area contributed by atoms with Crippen molar-refractivity contribution >= 4 is 5.91 Å². The number of aliphatic hydroxyl groups is 1. The summed E-state index contributed by atoms with van der Waals surface area (Å²) in [5, 5.41) is 21.0. The van der Waals surface area contributed by atoms with Crippen LogP contribution in [0.15, 0.2) is 53.2 Å². The predicted molar refractivity (Wildman–Crippen MR) is 98.8 cm³/mol. The first kappa shape index (κ1) is 17.5. The Morgan fingerprint density at radius 1 is 1.33 bits per heavy atom. The fourth-order valence-electron chi connectivity index (χ4n) is 3.48. The van der Waals surface area contributed by atoms with Gasteiger partial charge in [-0.15, -0.1) is 0 Å². The van der Waals surface area contributed by atoms with Gasteiger partial charge in [0.15, 0.2) is 0 Å². The van der Waals surface area contributed by atoms with Crippen LogP contribution in [0.4, 0.5) is 0 Å². The van der Waals surface area contributed by atoms with Crippen molar-refractivity contribution in [2.45, 2.75) is 38.5 Å². The largest absolute Gasteiger partial charge is 0.387 e. The van der Waals surface area contributed by atoms with E-state index >= 15 is 0 Å². The van der Waals surface area contributed by atoms with Gasteiger partial charge in [-0.3, -0.25) is 9.48 Å². The number of hydrogen-bond acceptors (Lipinski definition) is 5. The zero-order chi connectivity index (χ0) is 18.8. The van der Waals surface area contributed by atoms with Crippen LogP contribution in [0.2, 0.25) is 0 Å². The number of rotatable bonds is 6. The van der Waals surface area contributed by atoms with Gasteiger partial charge in [-0.25, -0.2) is 0 Å². The maximum atomic E-state index is 12.4. The van der Waals surface area contributed by atoms with Crippen LogP contribution in [0.1, 0.15) is 42.1 Å². The van der Waals surface area contributed by atoms with Gasteiger partial charge in [-0.1, -0.05) is 35.5 Å². The van der Waals surface area contributed by atoms with Gasteiger partial charge >= 0.3 is 0 Å². The minimum Gasteiger partial charge on any atom is -0.387 e. The Kier molecular flexibility index (Phi) is 4.77. The van der Waals surface area contributed by atoms with E-state index in [9.17, 15) is 9.90 Å². The lowest BCUT2D eigenvalue weighted by molar-refractivity contribution is 0.0840. The summed E-state index contributed by atoms with van der Waals surface area (Å²) in [5.74, 6) is 0.417. The second-order valence-electron chi connectivity index (χ2n) is 7.06. The highest BCUT2D eigenvalue weighted by molar-refractivity contribution is 5.92. The van der Waals surface area contributed by atoms with Crippen molar-refractivity contribution in [1.29, 1.82) is 0 Å². The maximum Gasteiger partial charge on any atom is 0.290 e. The van der Waals surface area contributed by atoms with E-state index in [-0.39, 0.29) is 17.7 Å². The quantitative estimate of drug-likeness (QED) is 0.700. The number of nitrogens with zero attached hydrogens (tertiary/aromatic N) is 3. The number of nitrogens with one attached hydrogen (secondary N) is 1. The van der Waals surface area contributed by atoms with Gasteiger partial charge < -0.3 is 14.9 Å². The molecule has 1 saturated carbocycles. The molecular formula is C20H22N4O3. The van der Waals surface area contributed by atoms with Crippen LogP contribution in [0, 0.1) is 5.92 Å². The number of amides is 1. The highest BCUT2D eigenvalue weighted by atomic mass is 16.5. The van der Waals surface area contributed by atoms with Gasteiger partial charge in [-0.2, -0.15) is 5.10 Å². The fraction of sp³-hybridized carbons (Fsp3) is 0.350. The van der Waals surface area contributed by atoms with E-state index in [0.717, 1.165) is 30.6 Å². The Bertz CT molecular complexity index is 910. The summed E-state index contributed by atoms with van der Waals surface area (Å²) in [7, 11) is 0. The minimum absolute atomic E-state index is 0.123. The molecule has 7 nitrogen and oxygen atoms in total. The van der Waals surface area contributed by atoms with Gasteiger partial charge in [0, 0.05) is 30.4 Å². The molecule has 0 aliphatic heterocycles. The molecule has 0 saturated heterocycles. The van der Waals surface area contributed by atoms with Crippen LogP contribution in [-0.2, 0) is 6.54 Å². The van der Waals surface area contributed by atoms with Crippen molar-refractivity contribution in [3.05, 3.63) is 60.1 Å². The molecule has 1 aromatic carbocycles. The Hall–Kier alpha value is -2.93. The summed E-state index contributed by atoms with van der Waals surface area (Å²) in [5.41, 5.74) is 2.38. The summed E-state index contributed by atoms with van der Waals surface area (Å²) < 4.78 is 7.04. The molecule has 7 heteroatoms. The van der Waals surface area contributed by atoms with E-state index in [4.69, 9.17) is 4.52 Å². The number of aliphatic hydroxyl groups excluding tert-OH is 1. The molecule has 1 amide bonds. The molecular weight excluding hydrogens is 344 g/mol. The first-order valence-electron chi connectivity index (χ1n) is 9.13. The molecule has 3 aromatic rings. The third-order valence-electron chi connectivity index (χ3n) is 4.98. The molecule has 1 fully saturated rings. The summed E-state index contributed by atoms with van der Waals surface area (Å²) in [6, 6.07) is 13.2. The van der Waals surface area contributed by atoms with E-state index in [1.54, 1.807) is 19.2 Å². The molecule has 1 aliphatic rings. The van der Waals surface area contributed by atoms with Crippen molar-refractivity contribution < 1.29 is 14.4 Å². The topological polar surface area (TPSA) is 93.2 Å². The predicted octanol–water partition coefficient (Wildman–Crippen LogP) is 2.80. The van der Waals surface area contributed by atoms with Crippen LogP contribution in [0.5, 0.6) is 0 Å². The lowest BCUT2D eigenvalue weighted by atomic mass is 9.80. The zero-order valence-corrected chi connectivity index (χ0v) is 15.1. The van der Waals surface area contributed by atoms with E-state index in [0.29, 0.717) is 11.6 Å². The zero-order valence-electron chi connectivity index (χ0n) is 15.1. The summed E-state index contributed by atoms with van der Waals surface area (Å²) in [6.07, 6.45) is 2.93. The van der Waals surface area contributed by atoms with Crippen molar-refractivity contribution in [3.63, 3.8) is 0 Å². The Morgan fingerprint density at radius 2 is 2.11 bits per heavy atom. The van der Waals surface area contributed by atoms with E-state index in [2.05, 4.69) is 15.6 Å². The highest BCUT2D eigenvalue weighted by Crippen LogP contribution is 2.30. The molecule has 2 N–H and O–H groups in total. The molecule has 2 heterocycles. The Morgan fingerprint density at radius 3 is 2.85 bits per heavy atom.